The van der Waals surface area contributed by atoms with Crippen LogP contribution in [0.5, 0.6) is 11.5 Å². The number of hydrogen-bond donors (Lipinski definition) is 2. The van der Waals surface area contributed by atoms with E-state index in [1.807, 2.05) is 36.4 Å². The molecular weight excluding hydrogens is 372 g/mol. The van der Waals surface area contributed by atoms with Crippen LogP contribution in [0.25, 0.3) is 11.6 Å². The monoisotopic (exact) mass is 396 g/mol. The molecule has 29 heavy (non-hydrogen) atoms. The van der Waals surface area contributed by atoms with Crippen molar-refractivity contribution in [1.82, 2.24) is 25.8 Å². The lowest BCUT2D eigenvalue weighted by atomic mass is 10.2. The van der Waals surface area contributed by atoms with Gasteiger partial charge >= 0.3 is 0 Å². The van der Waals surface area contributed by atoms with Crippen molar-refractivity contribution in [2.45, 2.75) is 13.0 Å². The van der Waals surface area contributed by atoms with Gasteiger partial charge in [-0.25, -0.2) is 0 Å². The number of nitrogens with zero attached hydrogens (tertiary/aromatic N) is 4. The van der Waals surface area contributed by atoms with Crippen LogP contribution in [0.4, 0.5) is 0 Å². The highest BCUT2D eigenvalue weighted by atomic mass is 16.5. The van der Waals surface area contributed by atoms with Crippen LogP contribution in [0.1, 0.15) is 11.4 Å². The summed E-state index contributed by atoms with van der Waals surface area (Å²) in [5.74, 6) is 3.18. The number of rotatable bonds is 8. The molecule has 152 valence electrons. The molecule has 0 radical (unpaired) electrons. The summed E-state index contributed by atoms with van der Waals surface area (Å²) >= 11 is 0. The van der Waals surface area contributed by atoms with Crippen LogP contribution in [0.2, 0.25) is 0 Å². The highest BCUT2D eigenvalue weighted by Gasteiger charge is 2.10. The van der Waals surface area contributed by atoms with E-state index in [2.05, 4.69) is 30.8 Å². The third-order valence-corrected chi connectivity index (χ3v) is 4.16. The number of aromatic nitrogens is 3. The van der Waals surface area contributed by atoms with Crippen LogP contribution in [-0.2, 0) is 13.0 Å². The van der Waals surface area contributed by atoms with Gasteiger partial charge in [-0.05, 0) is 24.3 Å². The van der Waals surface area contributed by atoms with E-state index in [4.69, 9.17) is 14.0 Å². The molecule has 0 atom stereocenters. The minimum absolute atomic E-state index is 0.412. The molecule has 0 amide bonds. The Kier molecular flexibility index (Phi) is 6.99. The van der Waals surface area contributed by atoms with Crippen LogP contribution < -0.4 is 20.1 Å². The molecule has 0 fully saturated rings. The molecule has 0 aliphatic carbocycles. The lowest BCUT2D eigenvalue weighted by molar-refractivity contribution is 0.390. The topological polar surface area (TPSA) is 107 Å². The number of nitrogens with one attached hydrogen (secondary N) is 2. The minimum Gasteiger partial charge on any atom is -0.497 e. The van der Waals surface area contributed by atoms with E-state index in [1.54, 1.807) is 27.5 Å². The van der Waals surface area contributed by atoms with Gasteiger partial charge in [0.15, 0.2) is 11.8 Å². The van der Waals surface area contributed by atoms with Gasteiger partial charge in [-0.15, -0.1) is 0 Å². The summed E-state index contributed by atoms with van der Waals surface area (Å²) in [6.07, 6.45) is 2.27. The summed E-state index contributed by atoms with van der Waals surface area (Å²) in [5.41, 5.74) is 1.65. The molecule has 2 N–H and O–H groups in total. The Labute approximate surface area is 169 Å². The van der Waals surface area contributed by atoms with Crippen molar-refractivity contribution in [3.8, 4) is 23.1 Å². The first kappa shape index (κ1) is 20.1. The average molecular weight is 396 g/mol. The first-order valence-electron chi connectivity index (χ1n) is 9.13. The lowest BCUT2D eigenvalue weighted by Crippen LogP contribution is -2.38. The maximum atomic E-state index is 5.42. The minimum atomic E-state index is 0.412. The Bertz CT molecular complexity index is 942. The fourth-order valence-corrected chi connectivity index (χ4v) is 2.64. The fourth-order valence-electron chi connectivity index (χ4n) is 2.64. The predicted molar refractivity (Wildman–Crippen MR) is 109 cm³/mol. The van der Waals surface area contributed by atoms with E-state index >= 15 is 0 Å². The maximum Gasteiger partial charge on any atom is 0.276 e. The standard InChI is InChI=1S/C20H24N6O3/c1-21-20(24-13-14-7-8-15(27-2)12-17(14)28-3)23-11-9-18-25-19(29-26-18)16-6-4-5-10-22-16/h4-8,10,12H,9,11,13H2,1-3H3,(H2,21,23,24). The Morgan fingerprint density at radius 1 is 1.14 bits per heavy atom. The van der Waals surface area contributed by atoms with E-state index < -0.39 is 0 Å². The molecule has 2 aromatic heterocycles. The first-order valence-corrected chi connectivity index (χ1v) is 9.13. The lowest BCUT2D eigenvalue weighted by Gasteiger charge is -2.14. The summed E-state index contributed by atoms with van der Waals surface area (Å²) in [5, 5.41) is 10.5. The van der Waals surface area contributed by atoms with Crippen molar-refractivity contribution >= 4 is 5.96 Å². The zero-order valence-corrected chi connectivity index (χ0v) is 16.7. The predicted octanol–water partition coefficient (Wildman–Crippen LogP) is 2.06. The van der Waals surface area contributed by atoms with E-state index in [-0.39, 0.29) is 0 Å². The Balaban J connectivity index is 1.50. The van der Waals surface area contributed by atoms with E-state index in [9.17, 15) is 0 Å². The third-order valence-electron chi connectivity index (χ3n) is 4.16. The SMILES string of the molecule is CN=C(NCCc1noc(-c2ccccn2)n1)NCc1ccc(OC)cc1OC. The van der Waals surface area contributed by atoms with Crippen LogP contribution in [-0.4, -0.2) is 48.9 Å². The van der Waals surface area contributed by atoms with Gasteiger partial charge in [-0.1, -0.05) is 11.2 Å². The molecule has 0 bridgehead atoms. The number of pyridine rings is 1. The molecule has 3 aromatic rings. The summed E-state index contributed by atoms with van der Waals surface area (Å²) in [6.45, 7) is 1.15. The van der Waals surface area contributed by atoms with Crippen LogP contribution in [0.15, 0.2) is 52.1 Å². The maximum absolute atomic E-state index is 5.42. The molecule has 3 rings (SSSR count). The number of methoxy groups -OCH3 is 2. The van der Waals surface area contributed by atoms with Gasteiger partial charge in [0, 0.05) is 44.4 Å². The van der Waals surface area contributed by atoms with Gasteiger partial charge in [0.25, 0.3) is 5.89 Å². The van der Waals surface area contributed by atoms with Crippen molar-refractivity contribution in [2.75, 3.05) is 27.8 Å². The molecule has 0 saturated carbocycles. The number of guanidine groups is 1. The highest BCUT2D eigenvalue weighted by Crippen LogP contribution is 2.24. The van der Waals surface area contributed by atoms with Gasteiger partial charge in [0.1, 0.15) is 17.2 Å². The molecule has 0 unspecified atom stereocenters. The van der Waals surface area contributed by atoms with E-state index in [0.29, 0.717) is 42.9 Å². The van der Waals surface area contributed by atoms with E-state index in [1.165, 1.54) is 0 Å². The number of aliphatic imine (C=N–C) groups is 1. The zero-order chi connectivity index (χ0) is 20.5. The number of benzene rings is 1. The average Bonchev–Trinajstić information content (AvgIpc) is 3.25. The van der Waals surface area contributed by atoms with E-state index in [0.717, 1.165) is 17.1 Å². The van der Waals surface area contributed by atoms with Gasteiger partial charge in [-0.3, -0.25) is 9.98 Å². The molecule has 0 saturated heterocycles. The second-order valence-corrected chi connectivity index (χ2v) is 6.01. The third kappa shape index (κ3) is 5.44. The molecule has 9 heteroatoms. The molecular formula is C20H24N6O3. The van der Waals surface area contributed by atoms with Crippen molar-refractivity contribution < 1.29 is 14.0 Å². The number of ether oxygens (including phenoxy) is 2. The second kappa shape index (κ2) is 10.1. The molecule has 9 nitrogen and oxygen atoms in total. The van der Waals surface area contributed by atoms with Gasteiger partial charge in [-0.2, -0.15) is 4.98 Å². The second-order valence-electron chi connectivity index (χ2n) is 6.01. The Morgan fingerprint density at radius 3 is 2.76 bits per heavy atom. The Hall–Kier alpha value is -3.62. The molecule has 2 heterocycles. The van der Waals surface area contributed by atoms with Crippen molar-refractivity contribution in [3.05, 3.63) is 54.0 Å². The van der Waals surface area contributed by atoms with Crippen molar-refractivity contribution in [3.63, 3.8) is 0 Å². The summed E-state index contributed by atoms with van der Waals surface area (Å²) < 4.78 is 15.9. The van der Waals surface area contributed by atoms with Crippen LogP contribution in [0, 0.1) is 0 Å². The summed E-state index contributed by atoms with van der Waals surface area (Å²) in [4.78, 5) is 12.8. The molecule has 0 spiro atoms. The number of hydrogen-bond acceptors (Lipinski definition) is 7. The first-order chi connectivity index (χ1) is 14.2. The van der Waals surface area contributed by atoms with Gasteiger partial charge < -0.3 is 24.6 Å². The van der Waals surface area contributed by atoms with Crippen LogP contribution in [0.3, 0.4) is 0 Å². The molecule has 1 aromatic carbocycles. The highest BCUT2D eigenvalue weighted by molar-refractivity contribution is 5.79. The van der Waals surface area contributed by atoms with Crippen LogP contribution >= 0.6 is 0 Å². The Morgan fingerprint density at radius 2 is 2.03 bits per heavy atom. The van der Waals surface area contributed by atoms with Crippen molar-refractivity contribution in [1.29, 1.82) is 0 Å². The zero-order valence-electron chi connectivity index (χ0n) is 16.7. The largest absolute Gasteiger partial charge is 0.497 e. The molecule has 0 aliphatic rings. The van der Waals surface area contributed by atoms with Crippen molar-refractivity contribution in [2.24, 2.45) is 4.99 Å². The summed E-state index contributed by atoms with van der Waals surface area (Å²) in [6, 6.07) is 11.2. The normalized spacial score (nSPS) is 11.2. The summed E-state index contributed by atoms with van der Waals surface area (Å²) in [7, 11) is 4.98. The fraction of sp³-hybridized carbons (Fsp3) is 0.300. The quantitative estimate of drug-likeness (QED) is 0.440. The molecule has 0 aliphatic heterocycles. The smallest absolute Gasteiger partial charge is 0.276 e. The van der Waals surface area contributed by atoms with Gasteiger partial charge in [0.05, 0.1) is 14.2 Å². The van der Waals surface area contributed by atoms with Gasteiger partial charge in [0.2, 0.25) is 0 Å².